The van der Waals surface area contributed by atoms with Crippen molar-refractivity contribution in [3.8, 4) is 0 Å². The van der Waals surface area contributed by atoms with Crippen molar-refractivity contribution >= 4 is 19.8 Å². The molecule has 0 aromatic heterocycles. The molecule has 0 aliphatic heterocycles. The van der Waals surface area contributed by atoms with Crippen LogP contribution in [-0.4, -0.2) is 49.3 Å². The van der Waals surface area contributed by atoms with Crippen molar-refractivity contribution in [3.63, 3.8) is 0 Å². The van der Waals surface area contributed by atoms with Crippen molar-refractivity contribution in [3.05, 3.63) is 48.6 Å². The topological polar surface area (TPSA) is 134 Å². The normalized spacial score (nSPS) is 13.7. The Morgan fingerprint density at radius 1 is 0.544 bits per heavy atom. The van der Waals surface area contributed by atoms with Gasteiger partial charge >= 0.3 is 19.8 Å². The van der Waals surface area contributed by atoms with Crippen molar-refractivity contribution < 1.29 is 37.6 Å². The first kappa shape index (κ1) is 55.0. The maximum absolute atomic E-state index is 12.6. The Morgan fingerprint density at radius 2 is 0.965 bits per heavy atom. The maximum Gasteiger partial charge on any atom is 0.472 e. The number of carbonyl (C=O) groups excluding carboxylic acids is 2. The zero-order chi connectivity index (χ0) is 41.8. The fraction of sp³-hybridized carbons (Fsp3) is 0.787. The van der Waals surface area contributed by atoms with Crippen LogP contribution in [0.2, 0.25) is 0 Å². The summed E-state index contributed by atoms with van der Waals surface area (Å²) in [5.41, 5.74) is 5.35. The molecule has 3 N–H and O–H groups in total. The third-order valence-corrected chi connectivity index (χ3v) is 10.7. The van der Waals surface area contributed by atoms with Crippen LogP contribution < -0.4 is 5.73 Å². The number of allylic oxidation sites excluding steroid dienone is 8. The van der Waals surface area contributed by atoms with Crippen LogP contribution >= 0.6 is 7.82 Å². The van der Waals surface area contributed by atoms with E-state index < -0.39 is 32.5 Å². The van der Waals surface area contributed by atoms with Gasteiger partial charge in [0, 0.05) is 19.4 Å². The average Bonchev–Trinajstić information content (AvgIpc) is 3.20. The Balaban J connectivity index is 4.13. The lowest BCUT2D eigenvalue weighted by atomic mass is 10.0. The van der Waals surface area contributed by atoms with Gasteiger partial charge in [-0.2, -0.15) is 0 Å². The third-order valence-electron chi connectivity index (χ3n) is 9.73. The minimum absolute atomic E-state index is 0.0494. The Kier molecular flexibility index (Phi) is 42.0. The number of hydrogen-bond donors (Lipinski definition) is 2. The molecule has 1 unspecified atom stereocenters. The number of esters is 2. The van der Waals surface area contributed by atoms with E-state index in [2.05, 4.69) is 62.5 Å². The molecule has 0 aromatic rings. The molecule has 0 rings (SSSR count). The molecule has 0 saturated carbocycles. The van der Waals surface area contributed by atoms with Crippen LogP contribution in [0.1, 0.15) is 206 Å². The first-order valence-corrected chi connectivity index (χ1v) is 24.6. The highest BCUT2D eigenvalue weighted by molar-refractivity contribution is 7.47. The molecule has 0 aliphatic carbocycles. The molecule has 0 spiro atoms. The van der Waals surface area contributed by atoms with Gasteiger partial charge in [-0.25, -0.2) is 4.57 Å². The first-order valence-electron chi connectivity index (χ1n) is 23.1. The summed E-state index contributed by atoms with van der Waals surface area (Å²) in [6, 6.07) is 0. The van der Waals surface area contributed by atoms with Gasteiger partial charge in [-0.3, -0.25) is 18.6 Å². The van der Waals surface area contributed by atoms with Crippen LogP contribution in [0.3, 0.4) is 0 Å². The summed E-state index contributed by atoms with van der Waals surface area (Å²) < 4.78 is 32.8. The van der Waals surface area contributed by atoms with Crippen molar-refractivity contribution in [2.75, 3.05) is 26.4 Å². The third kappa shape index (κ3) is 43.4. The summed E-state index contributed by atoms with van der Waals surface area (Å²) in [6.45, 7) is 3.61. The van der Waals surface area contributed by atoms with Gasteiger partial charge in [-0.1, -0.05) is 191 Å². The van der Waals surface area contributed by atoms with Crippen LogP contribution in [0.25, 0.3) is 0 Å². The zero-order valence-corrected chi connectivity index (χ0v) is 37.5. The van der Waals surface area contributed by atoms with Crippen LogP contribution in [0.5, 0.6) is 0 Å². The lowest BCUT2D eigenvalue weighted by molar-refractivity contribution is -0.161. The van der Waals surface area contributed by atoms with Crippen molar-refractivity contribution in [1.82, 2.24) is 0 Å². The molecule has 0 aliphatic rings. The predicted molar refractivity (Wildman–Crippen MR) is 238 cm³/mol. The first-order chi connectivity index (χ1) is 27.8. The second-order valence-corrected chi connectivity index (χ2v) is 16.7. The smallest absolute Gasteiger partial charge is 0.462 e. The van der Waals surface area contributed by atoms with Gasteiger partial charge in [0.25, 0.3) is 0 Å². The molecule has 0 radical (unpaired) electrons. The Bertz CT molecular complexity index is 1080. The number of ether oxygens (including phenoxy) is 2. The molecular formula is C47H86NO8P. The Labute approximate surface area is 349 Å². The van der Waals surface area contributed by atoms with Gasteiger partial charge < -0.3 is 20.1 Å². The molecule has 0 heterocycles. The van der Waals surface area contributed by atoms with E-state index in [-0.39, 0.29) is 32.6 Å². The second-order valence-electron chi connectivity index (χ2n) is 15.2. The summed E-state index contributed by atoms with van der Waals surface area (Å²) in [6.07, 6.45) is 50.0. The fourth-order valence-corrected chi connectivity index (χ4v) is 7.10. The largest absolute Gasteiger partial charge is 0.472 e. The van der Waals surface area contributed by atoms with E-state index in [0.717, 1.165) is 64.2 Å². The number of phosphoric ester groups is 1. The number of carbonyl (C=O) groups is 2. The molecule has 57 heavy (non-hydrogen) atoms. The molecule has 0 saturated heterocycles. The zero-order valence-electron chi connectivity index (χ0n) is 36.6. The van der Waals surface area contributed by atoms with Crippen LogP contribution in [0.15, 0.2) is 48.6 Å². The van der Waals surface area contributed by atoms with Gasteiger partial charge in [0.1, 0.15) is 6.61 Å². The van der Waals surface area contributed by atoms with Crippen LogP contribution in [0.4, 0.5) is 0 Å². The number of nitrogens with two attached hydrogens (primary N) is 1. The monoisotopic (exact) mass is 824 g/mol. The van der Waals surface area contributed by atoms with Crippen LogP contribution in [-0.2, 0) is 32.7 Å². The molecule has 10 heteroatoms. The summed E-state index contributed by atoms with van der Waals surface area (Å²) in [5, 5.41) is 0. The average molecular weight is 824 g/mol. The van der Waals surface area contributed by atoms with Crippen molar-refractivity contribution in [2.24, 2.45) is 5.73 Å². The number of phosphoric acid groups is 1. The van der Waals surface area contributed by atoms with E-state index in [1.165, 1.54) is 103 Å². The minimum Gasteiger partial charge on any atom is -0.462 e. The predicted octanol–water partition coefficient (Wildman–Crippen LogP) is 13.5. The minimum atomic E-state index is -4.38. The van der Waals surface area contributed by atoms with E-state index in [9.17, 15) is 19.0 Å². The van der Waals surface area contributed by atoms with Gasteiger partial charge in [-0.05, 0) is 51.4 Å². The van der Waals surface area contributed by atoms with E-state index in [4.69, 9.17) is 24.3 Å². The van der Waals surface area contributed by atoms with E-state index in [0.29, 0.717) is 12.8 Å². The van der Waals surface area contributed by atoms with Crippen LogP contribution in [0, 0.1) is 0 Å². The fourth-order valence-electron chi connectivity index (χ4n) is 6.33. The highest BCUT2D eigenvalue weighted by Gasteiger charge is 2.26. The van der Waals surface area contributed by atoms with Gasteiger partial charge in [0.15, 0.2) is 6.10 Å². The quantitative estimate of drug-likeness (QED) is 0.0267. The van der Waals surface area contributed by atoms with Gasteiger partial charge in [0.05, 0.1) is 13.2 Å². The number of hydrogen-bond acceptors (Lipinski definition) is 8. The summed E-state index contributed by atoms with van der Waals surface area (Å²) in [7, 11) is -4.38. The molecule has 2 atom stereocenters. The number of rotatable bonds is 43. The van der Waals surface area contributed by atoms with Gasteiger partial charge in [-0.15, -0.1) is 0 Å². The molecular weight excluding hydrogens is 737 g/mol. The Hall–Kier alpha value is -2.03. The Morgan fingerprint density at radius 3 is 1.44 bits per heavy atom. The standard InChI is InChI=1S/C47H86NO8P/c1-3-5-7-9-11-13-15-17-19-21-22-24-26-28-30-32-34-36-38-40-47(50)56-45(44-55-57(51,52)54-42-41-48)43-53-46(49)39-37-35-33-31-29-27-25-23-20-18-16-14-12-10-8-6-4-2/h6,8,12,14,18,20,25,27,45H,3-5,7,9-11,13,15-17,19,21-24,26,28-44,48H2,1-2H3,(H,51,52)/t45-/m1/s1. The van der Waals surface area contributed by atoms with Crippen molar-refractivity contribution in [1.29, 1.82) is 0 Å². The molecule has 9 nitrogen and oxygen atoms in total. The van der Waals surface area contributed by atoms with Gasteiger partial charge in [0.2, 0.25) is 0 Å². The number of unbranched alkanes of at least 4 members (excludes halogenated alkanes) is 22. The molecule has 0 fully saturated rings. The highest BCUT2D eigenvalue weighted by atomic mass is 31.2. The second kappa shape index (κ2) is 43.5. The summed E-state index contributed by atoms with van der Waals surface area (Å²) >= 11 is 0. The van der Waals surface area contributed by atoms with E-state index in [1.54, 1.807) is 0 Å². The highest BCUT2D eigenvalue weighted by Crippen LogP contribution is 2.43. The maximum atomic E-state index is 12.6. The molecule has 0 amide bonds. The summed E-state index contributed by atoms with van der Waals surface area (Å²) in [4.78, 5) is 34.9. The molecule has 0 aromatic carbocycles. The molecule has 0 bridgehead atoms. The lowest BCUT2D eigenvalue weighted by Crippen LogP contribution is -2.29. The van der Waals surface area contributed by atoms with E-state index in [1.807, 2.05) is 0 Å². The van der Waals surface area contributed by atoms with Crippen molar-refractivity contribution in [2.45, 2.75) is 213 Å². The SMILES string of the molecule is CCC=CCC=CCC=CCC=CCCCCCCC(=O)OC[C@H](COP(=O)(O)OCCN)OC(=O)CCCCCCCCCCCCCCCCCCCCC. The summed E-state index contributed by atoms with van der Waals surface area (Å²) in [5.74, 6) is -0.851. The van der Waals surface area contributed by atoms with E-state index >= 15 is 0 Å². The lowest BCUT2D eigenvalue weighted by Gasteiger charge is -2.19. The molecule has 332 valence electrons.